The smallest absolute Gasteiger partial charge is 0.212 e. The van der Waals surface area contributed by atoms with Gasteiger partial charge < -0.3 is 14.0 Å². The summed E-state index contributed by atoms with van der Waals surface area (Å²) in [5.41, 5.74) is 2.08. The molecule has 2 aromatic heterocycles. The molecule has 0 fully saturated rings. The van der Waals surface area contributed by atoms with Crippen LogP contribution < -0.4 is 4.74 Å². The molecule has 0 bridgehead atoms. The van der Waals surface area contributed by atoms with Gasteiger partial charge in [0.2, 0.25) is 5.88 Å². The summed E-state index contributed by atoms with van der Waals surface area (Å²) in [4.78, 5) is 10.3. The number of hydrogen-bond acceptors (Lipinski definition) is 5. The number of imidazole rings is 1. The number of unbranched alkanes of at least 4 members (excludes halogenated alkanes) is 1. The monoisotopic (exact) mass is 493 g/mol. The lowest BCUT2D eigenvalue weighted by molar-refractivity contribution is 0.110. The van der Waals surface area contributed by atoms with Gasteiger partial charge in [0.1, 0.15) is 17.5 Å². The fraction of sp³-hybridized carbons (Fsp3) is 0.417. The minimum atomic E-state index is 0.247. The zero-order chi connectivity index (χ0) is 23.1. The molecular weight excluding hydrogens is 465 g/mol. The molecule has 0 saturated heterocycles. The first-order valence-electron chi connectivity index (χ1n) is 10.7. The van der Waals surface area contributed by atoms with Crippen molar-refractivity contribution in [3.63, 3.8) is 0 Å². The van der Waals surface area contributed by atoms with E-state index in [1.807, 2.05) is 30.5 Å². The Morgan fingerprint density at radius 2 is 1.88 bits per heavy atom. The third kappa shape index (κ3) is 6.64. The van der Waals surface area contributed by atoms with Crippen molar-refractivity contribution in [1.82, 2.24) is 14.5 Å². The van der Waals surface area contributed by atoms with Crippen LogP contribution in [0.4, 0.5) is 0 Å². The first kappa shape index (κ1) is 24.9. The second-order valence-electron chi connectivity index (χ2n) is 7.78. The van der Waals surface area contributed by atoms with Gasteiger partial charge in [0.25, 0.3) is 0 Å². The largest absolute Gasteiger partial charge is 0.481 e. The van der Waals surface area contributed by atoms with Gasteiger partial charge in [-0.05, 0) is 36.1 Å². The van der Waals surface area contributed by atoms with Gasteiger partial charge >= 0.3 is 0 Å². The average Bonchev–Trinajstić information content (AvgIpc) is 3.08. The highest BCUT2D eigenvalue weighted by Crippen LogP contribution is 2.37. The molecule has 0 radical (unpaired) electrons. The van der Waals surface area contributed by atoms with Gasteiger partial charge in [-0.3, -0.25) is 0 Å². The second-order valence-corrected chi connectivity index (χ2v) is 9.72. The van der Waals surface area contributed by atoms with Crippen molar-refractivity contribution in [1.29, 1.82) is 0 Å². The number of ether oxygens (including phenoxy) is 2. The van der Waals surface area contributed by atoms with E-state index in [2.05, 4.69) is 30.3 Å². The highest BCUT2D eigenvalue weighted by molar-refractivity contribution is 7.99. The molecule has 0 saturated carbocycles. The van der Waals surface area contributed by atoms with Crippen molar-refractivity contribution in [3.8, 4) is 5.88 Å². The summed E-state index contributed by atoms with van der Waals surface area (Å²) < 4.78 is 13.4. The van der Waals surface area contributed by atoms with Crippen LogP contribution in [0.15, 0.2) is 46.5 Å². The molecule has 0 unspecified atom stereocenters. The Balaban J connectivity index is 2.00. The van der Waals surface area contributed by atoms with Crippen molar-refractivity contribution in [2.45, 2.75) is 62.6 Å². The Bertz CT molecular complexity index is 1000. The van der Waals surface area contributed by atoms with Crippen LogP contribution in [-0.2, 0) is 17.9 Å². The van der Waals surface area contributed by atoms with Crippen molar-refractivity contribution >= 4 is 35.0 Å². The minimum Gasteiger partial charge on any atom is -0.481 e. The summed E-state index contributed by atoms with van der Waals surface area (Å²) in [6, 6.07) is 9.48. The first-order valence-corrected chi connectivity index (χ1v) is 12.3. The number of pyridine rings is 1. The van der Waals surface area contributed by atoms with E-state index < -0.39 is 0 Å². The van der Waals surface area contributed by atoms with Crippen LogP contribution in [0.3, 0.4) is 0 Å². The van der Waals surface area contributed by atoms with E-state index >= 15 is 0 Å². The molecule has 0 aliphatic heterocycles. The molecular formula is C24H29Cl2N3O2S. The first-order chi connectivity index (χ1) is 15.4. The summed E-state index contributed by atoms with van der Waals surface area (Å²) in [7, 11) is 1.61. The van der Waals surface area contributed by atoms with Crippen LogP contribution in [0.25, 0.3) is 0 Å². The van der Waals surface area contributed by atoms with Gasteiger partial charge in [-0.1, -0.05) is 68.2 Å². The van der Waals surface area contributed by atoms with E-state index in [-0.39, 0.29) is 5.92 Å². The van der Waals surface area contributed by atoms with Gasteiger partial charge in [-0.2, -0.15) is 0 Å². The summed E-state index contributed by atoms with van der Waals surface area (Å²) in [5, 5.41) is 2.28. The van der Waals surface area contributed by atoms with Gasteiger partial charge in [0, 0.05) is 33.8 Å². The number of benzene rings is 1. The molecule has 172 valence electrons. The predicted molar refractivity (Wildman–Crippen MR) is 131 cm³/mol. The topological polar surface area (TPSA) is 49.2 Å². The van der Waals surface area contributed by atoms with E-state index in [4.69, 9.17) is 37.7 Å². The fourth-order valence-electron chi connectivity index (χ4n) is 3.18. The number of halogens is 2. The van der Waals surface area contributed by atoms with Gasteiger partial charge in [0.15, 0.2) is 0 Å². The zero-order valence-electron chi connectivity index (χ0n) is 18.9. The molecule has 0 aliphatic rings. The van der Waals surface area contributed by atoms with Crippen molar-refractivity contribution in [2.75, 3.05) is 13.7 Å². The molecule has 0 amide bonds. The number of hydrogen-bond donors (Lipinski definition) is 0. The van der Waals surface area contributed by atoms with E-state index in [0.29, 0.717) is 29.1 Å². The van der Waals surface area contributed by atoms with E-state index in [9.17, 15) is 0 Å². The maximum absolute atomic E-state index is 6.26. The van der Waals surface area contributed by atoms with E-state index in [0.717, 1.165) is 46.5 Å². The third-order valence-corrected chi connectivity index (χ3v) is 6.37. The minimum absolute atomic E-state index is 0.247. The number of rotatable bonds is 11. The molecule has 2 heterocycles. The highest BCUT2D eigenvalue weighted by Gasteiger charge is 2.21. The molecule has 5 nitrogen and oxygen atoms in total. The van der Waals surface area contributed by atoms with Crippen LogP contribution in [-0.4, -0.2) is 28.3 Å². The number of methoxy groups -OCH3 is 1. The normalized spacial score (nSPS) is 11.3. The zero-order valence-corrected chi connectivity index (χ0v) is 21.2. The number of aromatic nitrogens is 3. The van der Waals surface area contributed by atoms with Gasteiger partial charge in [-0.25, -0.2) is 9.97 Å². The predicted octanol–water partition coefficient (Wildman–Crippen LogP) is 7.23. The van der Waals surface area contributed by atoms with E-state index in [1.54, 1.807) is 24.9 Å². The number of nitrogens with zero attached hydrogens (tertiary/aromatic N) is 3. The van der Waals surface area contributed by atoms with Crippen LogP contribution >= 0.6 is 35.0 Å². The highest BCUT2D eigenvalue weighted by atomic mass is 35.5. The molecule has 0 spiro atoms. The molecule has 0 aliphatic carbocycles. The van der Waals surface area contributed by atoms with Crippen LogP contribution in [0, 0.1) is 0 Å². The van der Waals surface area contributed by atoms with E-state index in [1.165, 1.54) is 0 Å². The van der Waals surface area contributed by atoms with Crippen molar-refractivity contribution in [2.24, 2.45) is 0 Å². The lowest BCUT2D eigenvalue weighted by Gasteiger charge is -2.14. The summed E-state index contributed by atoms with van der Waals surface area (Å²) in [5.74, 6) is 1.74. The Morgan fingerprint density at radius 3 is 2.47 bits per heavy atom. The van der Waals surface area contributed by atoms with Gasteiger partial charge in [-0.15, -0.1) is 0 Å². The maximum atomic E-state index is 6.26. The fourth-order valence-corrected chi connectivity index (χ4v) is 5.09. The van der Waals surface area contributed by atoms with Crippen LogP contribution in [0.1, 0.15) is 56.6 Å². The summed E-state index contributed by atoms with van der Waals surface area (Å²) in [6.45, 7) is 8.26. The molecule has 8 heteroatoms. The van der Waals surface area contributed by atoms with Gasteiger partial charge in [0.05, 0.1) is 19.3 Å². The lowest BCUT2D eigenvalue weighted by Crippen LogP contribution is -2.09. The third-order valence-electron chi connectivity index (χ3n) is 4.84. The Hall–Kier alpha value is -1.73. The van der Waals surface area contributed by atoms with Crippen LogP contribution in [0.5, 0.6) is 5.88 Å². The summed E-state index contributed by atoms with van der Waals surface area (Å²) >= 11 is 14.1. The SMILES string of the molecule is CCCCOCc1nc(C(C)C)c(Sc2cc(Cl)cc(Cl)c2)n1Cc1ccc(OC)nc1. The molecule has 3 aromatic rings. The second kappa shape index (κ2) is 11.9. The standard InChI is InChI=1S/C24H29Cl2N3O2S/c1-5-6-9-31-15-21-28-23(16(2)3)24(32-20-11-18(25)10-19(26)12-20)29(21)14-17-7-8-22(30-4)27-13-17/h7-8,10-13,16H,5-6,9,14-15H2,1-4H3. The van der Waals surface area contributed by atoms with Crippen LogP contribution in [0.2, 0.25) is 10.0 Å². The molecule has 0 N–H and O–H groups in total. The van der Waals surface area contributed by atoms with Crippen molar-refractivity contribution in [3.05, 3.63) is 63.7 Å². The molecule has 0 atom stereocenters. The maximum Gasteiger partial charge on any atom is 0.212 e. The summed E-state index contributed by atoms with van der Waals surface area (Å²) in [6.07, 6.45) is 3.96. The molecule has 3 rings (SSSR count). The molecule has 32 heavy (non-hydrogen) atoms. The molecule has 1 aromatic carbocycles. The quantitative estimate of drug-likeness (QED) is 0.263. The Labute approximate surface area is 204 Å². The lowest BCUT2D eigenvalue weighted by atomic mass is 10.1. The van der Waals surface area contributed by atoms with Crippen molar-refractivity contribution < 1.29 is 9.47 Å². The average molecular weight is 494 g/mol. The Kier molecular flexibility index (Phi) is 9.29. The Morgan fingerprint density at radius 1 is 1.12 bits per heavy atom.